The van der Waals surface area contributed by atoms with E-state index in [1.807, 2.05) is 0 Å². The Morgan fingerprint density at radius 2 is 2.26 bits per heavy atom. The number of nitrogens with one attached hydrogen (secondary N) is 1. The molecule has 0 aliphatic rings. The molecule has 0 saturated carbocycles. The Morgan fingerprint density at radius 1 is 1.47 bits per heavy atom. The van der Waals surface area contributed by atoms with Crippen LogP contribution in [0.1, 0.15) is 15.2 Å². The molecule has 0 aliphatic carbocycles. The van der Waals surface area contributed by atoms with Gasteiger partial charge in [-0.2, -0.15) is 0 Å². The Bertz CT molecular complexity index is 598. The van der Waals surface area contributed by atoms with Crippen LogP contribution in [0, 0.1) is 5.82 Å². The second kappa shape index (κ2) is 5.71. The number of carbonyl (C=O) groups is 1. The Balaban J connectivity index is 2.01. The predicted octanol–water partition coefficient (Wildman–Crippen LogP) is 2.61. The Labute approximate surface area is 114 Å². The second-order valence-corrected chi connectivity index (χ2v) is 4.86. The van der Waals surface area contributed by atoms with Crippen molar-refractivity contribution in [2.45, 2.75) is 6.54 Å². The van der Waals surface area contributed by atoms with E-state index in [1.54, 1.807) is 23.6 Å². The SMILES string of the molecule is COc1ccc(NCc2cc(C(N)=O)cs2)cc1F. The van der Waals surface area contributed by atoms with Crippen molar-refractivity contribution in [2.24, 2.45) is 5.73 Å². The summed E-state index contributed by atoms with van der Waals surface area (Å²) >= 11 is 1.43. The fraction of sp³-hybridized carbons (Fsp3) is 0.154. The van der Waals surface area contributed by atoms with E-state index >= 15 is 0 Å². The normalized spacial score (nSPS) is 10.2. The molecule has 0 saturated heterocycles. The lowest BCUT2D eigenvalue weighted by Gasteiger charge is -2.07. The first-order chi connectivity index (χ1) is 9.10. The molecule has 4 nitrogen and oxygen atoms in total. The molecule has 0 fully saturated rings. The van der Waals surface area contributed by atoms with Crippen LogP contribution in [0.2, 0.25) is 0 Å². The second-order valence-electron chi connectivity index (χ2n) is 3.87. The quantitative estimate of drug-likeness (QED) is 0.885. The lowest BCUT2D eigenvalue weighted by atomic mass is 10.2. The van der Waals surface area contributed by atoms with Gasteiger partial charge in [0.1, 0.15) is 0 Å². The van der Waals surface area contributed by atoms with E-state index in [4.69, 9.17) is 10.5 Å². The zero-order valence-corrected chi connectivity index (χ0v) is 11.1. The van der Waals surface area contributed by atoms with Gasteiger partial charge in [-0.25, -0.2) is 4.39 Å². The Kier molecular flexibility index (Phi) is 4.01. The van der Waals surface area contributed by atoms with E-state index in [0.29, 0.717) is 17.8 Å². The molecule has 1 heterocycles. The number of anilines is 1. The van der Waals surface area contributed by atoms with Gasteiger partial charge in [0.15, 0.2) is 11.6 Å². The van der Waals surface area contributed by atoms with Gasteiger partial charge in [0.25, 0.3) is 0 Å². The first-order valence-electron chi connectivity index (χ1n) is 5.55. The third-order valence-corrected chi connectivity index (χ3v) is 3.49. The summed E-state index contributed by atoms with van der Waals surface area (Å²) in [7, 11) is 1.42. The van der Waals surface area contributed by atoms with E-state index in [0.717, 1.165) is 4.88 Å². The molecule has 0 atom stereocenters. The highest BCUT2D eigenvalue weighted by atomic mass is 32.1. The van der Waals surface area contributed by atoms with Crippen molar-refractivity contribution < 1.29 is 13.9 Å². The van der Waals surface area contributed by atoms with Crippen LogP contribution in [-0.4, -0.2) is 13.0 Å². The number of hydrogen-bond acceptors (Lipinski definition) is 4. The maximum atomic E-state index is 13.5. The average Bonchev–Trinajstić information content (AvgIpc) is 2.85. The van der Waals surface area contributed by atoms with E-state index < -0.39 is 11.7 Å². The van der Waals surface area contributed by atoms with Gasteiger partial charge in [-0.15, -0.1) is 11.3 Å². The van der Waals surface area contributed by atoms with E-state index in [2.05, 4.69) is 5.32 Å². The van der Waals surface area contributed by atoms with Gasteiger partial charge in [-0.1, -0.05) is 0 Å². The van der Waals surface area contributed by atoms with Crippen molar-refractivity contribution in [2.75, 3.05) is 12.4 Å². The lowest BCUT2D eigenvalue weighted by molar-refractivity contribution is 0.100. The fourth-order valence-corrected chi connectivity index (χ4v) is 2.38. The summed E-state index contributed by atoms with van der Waals surface area (Å²) in [5.74, 6) is -0.660. The summed E-state index contributed by atoms with van der Waals surface area (Å²) in [5, 5.41) is 4.77. The Hall–Kier alpha value is -2.08. The minimum atomic E-state index is -0.446. The van der Waals surface area contributed by atoms with E-state index in [-0.39, 0.29) is 5.75 Å². The van der Waals surface area contributed by atoms with Crippen LogP contribution >= 0.6 is 11.3 Å². The van der Waals surface area contributed by atoms with Gasteiger partial charge in [0.2, 0.25) is 5.91 Å². The number of hydrogen-bond donors (Lipinski definition) is 2. The van der Waals surface area contributed by atoms with Gasteiger partial charge in [-0.05, 0) is 18.2 Å². The number of halogens is 1. The fourth-order valence-electron chi connectivity index (χ4n) is 1.57. The highest BCUT2D eigenvalue weighted by molar-refractivity contribution is 7.10. The van der Waals surface area contributed by atoms with Crippen molar-refractivity contribution in [3.05, 3.63) is 45.9 Å². The standard InChI is InChI=1S/C13H13FN2O2S/c1-18-12-3-2-9(5-11(12)14)16-6-10-4-8(7-19-10)13(15)17/h2-5,7,16H,6H2,1H3,(H2,15,17). The van der Waals surface area contributed by atoms with Crippen LogP contribution in [0.15, 0.2) is 29.6 Å². The van der Waals surface area contributed by atoms with Crippen LogP contribution in [0.4, 0.5) is 10.1 Å². The monoisotopic (exact) mass is 280 g/mol. The third kappa shape index (κ3) is 3.23. The van der Waals surface area contributed by atoms with Crippen molar-refractivity contribution in [3.63, 3.8) is 0 Å². The van der Waals surface area contributed by atoms with Gasteiger partial charge < -0.3 is 15.8 Å². The average molecular weight is 280 g/mol. The van der Waals surface area contributed by atoms with Crippen LogP contribution in [-0.2, 0) is 6.54 Å². The van der Waals surface area contributed by atoms with Gasteiger partial charge >= 0.3 is 0 Å². The number of thiophene rings is 1. The lowest BCUT2D eigenvalue weighted by Crippen LogP contribution is -2.09. The van der Waals surface area contributed by atoms with Crippen LogP contribution in [0.5, 0.6) is 5.75 Å². The largest absolute Gasteiger partial charge is 0.494 e. The number of primary amides is 1. The first kappa shape index (κ1) is 13.4. The molecule has 2 rings (SSSR count). The topological polar surface area (TPSA) is 64.3 Å². The molecular weight excluding hydrogens is 267 g/mol. The molecule has 0 radical (unpaired) electrons. The molecule has 1 aromatic carbocycles. The number of nitrogens with two attached hydrogens (primary N) is 1. The molecule has 1 amide bonds. The summed E-state index contributed by atoms with van der Waals surface area (Å²) in [6.07, 6.45) is 0. The molecule has 0 spiro atoms. The first-order valence-corrected chi connectivity index (χ1v) is 6.42. The molecule has 1 aromatic heterocycles. The van der Waals surface area contributed by atoms with Crippen molar-refractivity contribution in [1.29, 1.82) is 0 Å². The maximum absolute atomic E-state index is 13.5. The number of methoxy groups -OCH3 is 1. The number of amides is 1. The Morgan fingerprint density at radius 3 is 2.84 bits per heavy atom. The van der Waals surface area contributed by atoms with E-state index in [1.165, 1.54) is 24.5 Å². The molecule has 0 aliphatic heterocycles. The van der Waals surface area contributed by atoms with Crippen molar-refractivity contribution in [1.82, 2.24) is 0 Å². The molecule has 3 N–H and O–H groups in total. The van der Waals surface area contributed by atoms with Crippen LogP contribution in [0.3, 0.4) is 0 Å². The van der Waals surface area contributed by atoms with Crippen LogP contribution < -0.4 is 15.8 Å². The summed E-state index contributed by atoms with van der Waals surface area (Å²) in [4.78, 5) is 11.9. The minimum absolute atomic E-state index is 0.206. The molecule has 100 valence electrons. The van der Waals surface area contributed by atoms with Crippen molar-refractivity contribution in [3.8, 4) is 5.75 Å². The van der Waals surface area contributed by atoms with E-state index in [9.17, 15) is 9.18 Å². The number of benzene rings is 1. The van der Waals surface area contributed by atoms with Gasteiger partial charge in [0, 0.05) is 28.6 Å². The number of ether oxygens (including phenoxy) is 1. The van der Waals surface area contributed by atoms with Crippen LogP contribution in [0.25, 0.3) is 0 Å². The smallest absolute Gasteiger partial charge is 0.249 e. The molecule has 2 aromatic rings. The number of carbonyl (C=O) groups excluding carboxylic acids is 1. The summed E-state index contributed by atoms with van der Waals surface area (Å²) < 4.78 is 18.3. The summed E-state index contributed by atoms with van der Waals surface area (Å²) in [6, 6.07) is 6.37. The van der Waals surface area contributed by atoms with Gasteiger partial charge in [0.05, 0.1) is 12.7 Å². The molecular formula is C13H13FN2O2S. The molecule has 0 bridgehead atoms. The predicted molar refractivity (Wildman–Crippen MR) is 73.1 cm³/mol. The minimum Gasteiger partial charge on any atom is -0.494 e. The molecule has 0 unspecified atom stereocenters. The van der Waals surface area contributed by atoms with Gasteiger partial charge in [-0.3, -0.25) is 4.79 Å². The molecule has 6 heteroatoms. The highest BCUT2D eigenvalue weighted by Crippen LogP contribution is 2.22. The summed E-state index contributed by atoms with van der Waals surface area (Å²) in [6.45, 7) is 0.504. The molecule has 19 heavy (non-hydrogen) atoms. The zero-order chi connectivity index (χ0) is 13.8. The highest BCUT2D eigenvalue weighted by Gasteiger charge is 2.06. The van der Waals surface area contributed by atoms with Crippen molar-refractivity contribution >= 4 is 22.9 Å². The third-order valence-electron chi connectivity index (χ3n) is 2.56. The zero-order valence-electron chi connectivity index (χ0n) is 10.3. The number of rotatable bonds is 5. The summed E-state index contributed by atoms with van der Waals surface area (Å²) in [5.41, 5.74) is 6.30. The maximum Gasteiger partial charge on any atom is 0.249 e.